The first-order valence-corrected chi connectivity index (χ1v) is 6.97. The van der Waals surface area contributed by atoms with Gasteiger partial charge in [-0.25, -0.2) is 4.79 Å². The van der Waals surface area contributed by atoms with E-state index in [2.05, 4.69) is 29.2 Å². The summed E-state index contributed by atoms with van der Waals surface area (Å²) in [4.78, 5) is 16.8. The quantitative estimate of drug-likeness (QED) is 0.863. The fourth-order valence-electron chi connectivity index (χ4n) is 2.49. The number of hydrogen-bond acceptors (Lipinski definition) is 2. The first-order valence-electron chi connectivity index (χ1n) is 6.97. The maximum Gasteiger partial charge on any atom is 0.410 e. The third-order valence-electron chi connectivity index (χ3n) is 3.58. The molecule has 1 aromatic heterocycles. The normalized spacial score (nSPS) is 16.2. The van der Waals surface area contributed by atoms with Crippen molar-refractivity contribution in [2.24, 2.45) is 0 Å². The summed E-state index contributed by atoms with van der Waals surface area (Å²) in [5.41, 5.74) is 2.01. The molecular weight excluding hydrogens is 252 g/mol. The Kier molecular flexibility index (Phi) is 2.96. The van der Waals surface area contributed by atoms with E-state index in [4.69, 9.17) is 4.74 Å². The lowest BCUT2D eigenvalue weighted by Crippen LogP contribution is -2.50. The van der Waals surface area contributed by atoms with Crippen molar-refractivity contribution >= 4 is 17.0 Å². The number of benzene rings is 1. The Hall–Kier alpha value is -1.97. The molecule has 106 valence electrons. The molecule has 2 aromatic rings. The smallest absolute Gasteiger partial charge is 0.410 e. The Balaban J connectivity index is 1.63. The summed E-state index contributed by atoms with van der Waals surface area (Å²) in [6.45, 7) is 7.15. The second-order valence-corrected chi connectivity index (χ2v) is 6.41. The van der Waals surface area contributed by atoms with Crippen molar-refractivity contribution < 1.29 is 9.53 Å². The predicted molar refractivity (Wildman–Crippen MR) is 78.8 cm³/mol. The second-order valence-electron chi connectivity index (χ2n) is 6.41. The highest BCUT2D eigenvalue weighted by Gasteiger charge is 2.34. The van der Waals surface area contributed by atoms with E-state index in [-0.39, 0.29) is 6.09 Å². The number of aromatic amines is 1. The van der Waals surface area contributed by atoms with Crippen LogP contribution in [0.1, 0.15) is 32.3 Å². The van der Waals surface area contributed by atoms with Gasteiger partial charge in [-0.15, -0.1) is 0 Å². The molecule has 0 aliphatic carbocycles. The highest BCUT2D eigenvalue weighted by molar-refractivity contribution is 5.80. The fourth-order valence-corrected chi connectivity index (χ4v) is 2.49. The summed E-state index contributed by atoms with van der Waals surface area (Å²) in [6, 6.07) is 8.50. The Labute approximate surface area is 118 Å². The Morgan fingerprint density at radius 1 is 1.30 bits per heavy atom. The molecule has 0 unspecified atom stereocenters. The van der Waals surface area contributed by atoms with Crippen molar-refractivity contribution in [1.29, 1.82) is 0 Å². The topological polar surface area (TPSA) is 45.3 Å². The molecule has 4 nitrogen and oxygen atoms in total. The van der Waals surface area contributed by atoms with Gasteiger partial charge in [-0.1, -0.05) is 6.07 Å². The number of H-pyrrole nitrogens is 1. The standard InChI is InChI=1S/C16H20N2O2/c1-16(2,3)20-15(19)18-9-13(10-18)11-4-5-14-12(8-11)6-7-17-14/h4-8,13,17H,9-10H2,1-3H3. The molecule has 2 heterocycles. The minimum Gasteiger partial charge on any atom is -0.444 e. The van der Waals surface area contributed by atoms with Gasteiger partial charge in [0.25, 0.3) is 0 Å². The molecule has 3 rings (SSSR count). The number of nitrogens with one attached hydrogen (secondary N) is 1. The van der Waals surface area contributed by atoms with Crippen LogP contribution in [0.2, 0.25) is 0 Å². The van der Waals surface area contributed by atoms with E-state index in [1.165, 1.54) is 10.9 Å². The molecule has 1 aliphatic rings. The SMILES string of the molecule is CC(C)(C)OC(=O)N1CC(c2ccc3[nH]ccc3c2)C1. The molecule has 0 saturated carbocycles. The van der Waals surface area contributed by atoms with E-state index in [1.807, 2.05) is 27.0 Å². The summed E-state index contributed by atoms with van der Waals surface area (Å²) in [5.74, 6) is 0.418. The third kappa shape index (κ3) is 2.50. The maximum absolute atomic E-state index is 11.9. The van der Waals surface area contributed by atoms with Gasteiger partial charge in [-0.2, -0.15) is 0 Å². The van der Waals surface area contributed by atoms with Crippen LogP contribution in [-0.2, 0) is 4.74 Å². The van der Waals surface area contributed by atoms with Crippen LogP contribution in [0, 0.1) is 0 Å². The molecule has 1 aromatic carbocycles. The lowest BCUT2D eigenvalue weighted by atomic mass is 9.91. The van der Waals surface area contributed by atoms with E-state index >= 15 is 0 Å². The van der Waals surface area contributed by atoms with Crippen molar-refractivity contribution in [3.8, 4) is 0 Å². The molecule has 0 spiro atoms. The van der Waals surface area contributed by atoms with E-state index in [0.717, 1.165) is 18.6 Å². The van der Waals surface area contributed by atoms with E-state index in [1.54, 1.807) is 4.90 Å². The van der Waals surface area contributed by atoms with Gasteiger partial charge in [0.1, 0.15) is 5.60 Å². The Morgan fingerprint density at radius 3 is 2.75 bits per heavy atom. The highest BCUT2D eigenvalue weighted by Crippen LogP contribution is 2.30. The number of carbonyl (C=O) groups is 1. The number of nitrogens with zero attached hydrogens (tertiary/aromatic N) is 1. The number of aromatic nitrogens is 1. The van der Waals surface area contributed by atoms with Crippen LogP contribution < -0.4 is 0 Å². The molecule has 0 atom stereocenters. The van der Waals surface area contributed by atoms with Crippen LogP contribution in [0.3, 0.4) is 0 Å². The zero-order valence-corrected chi connectivity index (χ0v) is 12.1. The second kappa shape index (κ2) is 4.54. The number of hydrogen-bond donors (Lipinski definition) is 1. The number of fused-ring (bicyclic) bond motifs is 1. The van der Waals surface area contributed by atoms with Crippen LogP contribution in [0.4, 0.5) is 4.79 Å². The van der Waals surface area contributed by atoms with Crippen LogP contribution in [0.5, 0.6) is 0 Å². The zero-order chi connectivity index (χ0) is 14.3. The molecule has 0 bridgehead atoms. The number of likely N-dealkylation sites (tertiary alicyclic amines) is 1. The lowest BCUT2D eigenvalue weighted by molar-refractivity contribution is 0.00821. The first kappa shape index (κ1) is 13.0. The van der Waals surface area contributed by atoms with Gasteiger partial charge in [-0.05, 0) is 49.9 Å². The number of ether oxygens (including phenoxy) is 1. The van der Waals surface area contributed by atoms with E-state index in [9.17, 15) is 4.79 Å². The summed E-state index contributed by atoms with van der Waals surface area (Å²) < 4.78 is 5.37. The van der Waals surface area contributed by atoms with Gasteiger partial charge in [-0.3, -0.25) is 0 Å². The molecule has 1 saturated heterocycles. The first-order chi connectivity index (χ1) is 9.42. The Bertz CT molecular complexity index is 633. The highest BCUT2D eigenvalue weighted by atomic mass is 16.6. The molecule has 1 amide bonds. The predicted octanol–water partition coefficient (Wildman–Crippen LogP) is 3.50. The van der Waals surface area contributed by atoms with Crippen molar-refractivity contribution in [2.45, 2.75) is 32.3 Å². The van der Waals surface area contributed by atoms with Crippen molar-refractivity contribution in [3.63, 3.8) is 0 Å². The van der Waals surface area contributed by atoms with Crippen molar-refractivity contribution in [2.75, 3.05) is 13.1 Å². The van der Waals surface area contributed by atoms with Crippen LogP contribution in [0.25, 0.3) is 10.9 Å². The summed E-state index contributed by atoms with van der Waals surface area (Å²) >= 11 is 0. The fraction of sp³-hybridized carbons (Fsp3) is 0.438. The summed E-state index contributed by atoms with van der Waals surface area (Å²) in [6.07, 6.45) is 1.74. The van der Waals surface area contributed by atoms with E-state index in [0.29, 0.717) is 5.92 Å². The summed E-state index contributed by atoms with van der Waals surface area (Å²) in [7, 11) is 0. The van der Waals surface area contributed by atoms with Crippen LogP contribution in [0.15, 0.2) is 30.5 Å². The van der Waals surface area contributed by atoms with Crippen LogP contribution in [-0.4, -0.2) is 34.7 Å². The number of carbonyl (C=O) groups excluding carboxylic acids is 1. The Morgan fingerprint density at radius 2 is 2.05 bits per heavy atom. The molecule has 4 heteroatoms. The molecule has 1 aliphatic heterocycles. The van der Waals surface area contributed by atoms with Gasteiger partial charge in [0.05, 0.1) is 0 Å². The zero-order valence-electron chi connectivity index (χ0n) is 12.1. The lowest BCUT2D eigenvalue weighted by Gasteiger charge is -2.40. The third-order valence-corrected chi connectivity index (χ3v) is 3.58. The molecule has 1 N–H and O–H groups in total. The van der Waals surface area contributed by atoms with Crippen molar-refractivity contribution in [1.82, 2.24) is 9.88 Å². The van der Waals surface area contributed by atoms with Gasteiger partial charge >= 0.3 is 6.09 Å². The maximum atomic E-state index is 11.9. The van der Waals surface area contributed by atoms with Gasteiger partial charge in [0.2, 0.25) is 0 Å². The summed E-state index contributed by atoms with van der Waals surface area (Å²) in [5, 5.41) is 1.22. The molecule has 20 heavy (non-hydrogen) atoms. The number of amides is 1. The average molecular weight is 272 g/mol. The van der Waals surface area contributed by atoms with E-state index < -0.39 is 5.60 Å². The monoisotopic (exact) mass is 272 g/mol. The molecule has 0 radical (unpaired) electrons. The minimum atomic E-state index is -0.424. The van der Waals surface area contributed by atoms with Crippen LogP contribution >= 0.6 is 0 Å². The molecular formula is C16H20N2O2. The van der Waals surface area contributed by atoms with Gasteiger partial charge in [0, 0.05) is 30.7 Å². The van der Waals surface area contributed by atoms with Gasteiger partial charge < -0.3 is 14.6 Å². The largest absolute Gasteiger partial charge is 0.444 e. The number of rotatable bonds is 1. The van der Waals surface area contributed by atoms with Crippen molar-refractivity contribution in [3.05, 3.63) is 36.0 Å². The molecule has 1 fully saturated rings. The average Bonchev–Trinajstić information content (AvgIpc) is 2.71. The van der Waals surface area contributed by atoms with Gasteiger partial charge in [0.15, 0.2) is 0 Å². The minimum absolute atomic E-state index is 0.212.